The summed E-state index contributed by atoms with van der Waals surface area (Å²) in [5, 5.41) is 129. The van der Waals surface area contributed by atoms with Crippen molar-refractivity contribution in [2.75, 3.05) is 19.8 Å². The zero-order chi connectivity index (χ0) is 48.6. The maximum Gasteiger partial charge on any atom is 0.187 e. The van der Waals surface area contributed by atoms with E-state index in [4.69, 9.17) is 28.4 Å². The summed E-state index contributed by atoms with van der Waals surface area (Å²) in [6.07, 6.45) is -14.9. The first-order valence-corrected chi connectivity index (χ1v) is 24.4. The SMILES string of the molecule is CC(C)=CCCC(C)(O[C@@H]1O[C@H](CO[C@@H]2O[C@H](CO)[C@@H](O)[C@H](O)[C@H]2O)[C@@H](O)[C@@H](O)[C@H]1O)C1CCC2(C)C1C(O)CC1C3(C)CCC(O[C@@H]4O[C@H](CO)[C@@H](O)[C@@H](O)[C@H]4O)C(C)(C)C3CCC12C. The van der Waals surface area contributed by atoms with E-state index >= 15 is 0 Å². The highest BCUT2D eigenvalue weighted by Crippen LogP contribution is 2.76. The summed E-state index contributed by atoms with van der Waals surface area (Å²) < 4.78 is 36.6. The number of fused-ring (bicyclic) bond motifs is 5. The molecule has 18 nitrogen and oxygen atoms in total. The molecular formula is C48H82O18. The maximum atomic E-state index is 12.7. The lowest BCUT2D eigenvalue weighted by Gasteiger charge is -2.71. The molecule has 4 saturated carbocycles. The lowest BCUT2D eigenvalue weighted by molar-refractivity contribution is -0.350. The molecule has 66 heavy (non-hydrogen) atoms. The van der Waals surface area contributed by atoms with Crippen molar-refractivity contribution in [3.63, 3.8) is 0 Å². The van der Waals surface area contributed by atoms with Crippen LogP contribution in [0.2, 0.25) is 0 Å². The van der Waals surface area contributed by atoms with Gasteiger partial charge in [-0.2, -0.15) is 0 Å². The van der Waals surface area contributed by atoms with E-state index in [9.17, 15) is 61.3 Å². The van der Waals surface area contributed by atoms with Crippen LogP contribution in [0, 0.1) is 45.3 Å². The van der Waals surface area contributed by atoms with Crippen molar-refractivity contribution in [3.8, 4) is 0 Å². The zero-order valence-corrected chi connectivity index (χ0v) is 40.0. The number of hydrogen-bond donors (Lipinski definition) is 12. The smallest absolute Gasteiger partial charge is 0.187 e. The fraction of sp³-hybridized carbons (Fsp3) is 0.958. The van der Waals surface area contributed by atoms with Crippen LogP contribution in [0.1, 0.15) is 113 Å². The molecule has 0 aromatic carbocycles. The van der Waals surface area contributed by atoms with E-state index in [2.05, 4.69) is 40.7 Å². The van der Waals surface area contributed by atoms with Crippen molar-refractivity contribution in [2.24, 2.45) is 45.3 Å². The molecule has 0 radical (unpaired) electrons. The standard InChI is InChI=1S/C48H82O18/c1-22(2)10-9-14-48(8,66-43-40(60)37(57)34(54)27(64-43)21-61-41-38(58)35(55)32(52)25(19-49)62-41)23-11-16-47(7)31(23)24(51)18-29-45(5)15-13-30(44(3,4)28(45)12-17-46(29,47)6)65-42-39(59)36(56)33(53)26(20-50)63-42/h10,23-43,49-60H,9,11-21H2,1-8H3/t23?,24?,25-,26-,27-,28?,29?,30?,31?,32-,33-,34-,35+,36-,37-,38-,39-,40-,41-,42+,43+,45?,46?,47?,48?/m1/s1. The Kier molecular flexibility index (Phi) is 15.7. The summed E-state index contributed by atoms with van der Waals surface area (Å²) in [5.74, 6) is -0.128. The van der Waals surface area contributed by atoms with E-state index in [0.29, 0.717) is 32.1 Å². The number of rotatable bonds is 13. The van der Waals surface area contributed by atoms with Gasteiger partial charge in [0.15, 0.2) is 18.9 Å². The Hall–Kier alpha value is -0.980. The quantitative estimate of drug-likeness (QED) is 0.0853. The Labute approximate surface area is 388 Å². The molecule has 7 fully saturated rings. The van der Waals surface area contributed by atoms with Gasteiger partial charge in [0.05, 0.1) is 37.6 Å². The van der Waals surface area contributed by atoms with Gasteiger partial charge in [-0.15, -0.1) is 0 Å². The van der Waals surface area contributed by atoms with Gasteiger partial charge < -0.3 is 89.7 Å². The summed E-state index contributed by atoms with van der Waals surface area (Å²) in [6, 6.07) is 0. The van der Waals surface area contributed by atoms with E-state index in [1.165, 1.54) is 0 Å². The van der Waals surface area contributed by atoms with E-state index < -0.39 is 129 Å². The second-order valence-electron chi connectivity index (χ2n) is 22.9. The average Bonchev–Trinajstić information content (AvgIpc) is 3.65. The summed E-state index contributed by atoms with van der Waals surface area (Å²) in [6.45, 7) is 15.8. The van der Waals surface area contributed by atoms with Gasteiger partial charge in [0, 0.05) is 0 Å². The monoisotopic (exact) mass is 947 g/mol. The summed E-state index contributed by atoms with van der Waals surface area (Å²) in [5.41, 5.74) is -1.06. The lowest BCUT2D eigenvalue weighted by Crippen LogP contribution is -2.67. The topological polar surface area (TPSA) is 298 Å². The molecular weight excluding hydrogens is 865 g/mol. The van der Waals surface area contributed by atoms with E-state index in [0.717, 1.165) is 31.3 Å². The molecule has 0 aromatic heterocycles. The third-order valence-electron chi connectivity index (χ3n) is 18.8. The van der Waals surface area contributed by atoms with Crippen molar-refractivity contribution in [2.45, 2.75) is 223 Å². The summed E-state index contributed by atoms with van der Waals surface area (Å²) >= 11 is 0. The van der Waals surface area contributed by atoms with Gasteiger partial charge in [-0.3, -0.25) is 0 Å². The van der Waals surface area contributed by atoms with Crippen LogP contribution >= 0.6 is 0 Å². The molecule has 0 spiro atoms. The van der Waals surface area contributed by atoms with Crippen LogP contribution in [-0.4, -0.2) is 191 Å². The van der Waals surface area contributed by atoms with Crippen LogP contribution < -0.4 is 0 Å². The molecule has 7 rings (SSSR count). The summed E-state index contributed by atoms with van der Waals surface area (Å²) in [4.78, 5) is 0. The third kappa shape index (κ3) is 8.90. The molecule has 3 heterocycles. The van der Waals surface area contributed by atoms with Crippen molar-refractivity contribution in [1.82, 2.24) is 0 Å². The molecule has 25 atom stereocenters. The molecule has 18 heteroatoms. The Balaban J connectivity index is 1.11. The number of hydrogen-bond acceptors (Lipinski definition) is 18. The van der Waals surface area contributed by atoms with Crippen molar-refractivity contribution >= 4 is 0 Å². The molecule has 4 aliphatic carbocycles. The predicted octanol–water partition coefficient (Wildman–Crippen LogP) is -0.0268. The largest absolute Gasteiger partial charge is 0.394 e. The first kappa shape index (κ1) is 52.8. The van der Waals surface area contributed by atoms with Crippen molar-refractivity contribution < 1.29 is 89.7 Å². The van der Waals surface area contributed by atoms with Crippen LogP contribution in [0.15, 0.2) is 11.6 Å². The Morgan fingerprint density at radius 2 is 1.15 bits per heavy atom. The van der Waals surface area contributed by atoms with Crippen LogP contribution in [0.3, 0.4) is 0 Å². The second kappa shape index (κ2) is 19.6. The highest BCUT2D eigenvalue weighted by atomic mass is 16.7. The Morgan fingerprint density at radius 3 is 1.74 bits per heavy atom. The molecule has 0 aromatic rings. The maximum absolute atomic E-state index is 12.7. The van der Waals surface area contributed by atoms with Crippen molar-refractivity contribution in [3.05, 3.63) is 11.6 Å². The lowest BCUT2D eigenvalue weighted by atomic mass is 9.35. The highest BCUT2D eigenvalue weighted by Gasteiger charge is 2.72. The number of allylic oxidation sites excluding steroid dienone is 2. The van der Waals surface area contributed by atoms with E-state index in [-0.39, 0.29) is 46.0 Å². The van der Waals surface area contributed by atoms with Gasteiger partial charge in [0.25, 0.3) is 0 Å². The number of aliphatic hydroxyl groups excluding tert-OH is 12. The molecule has 7 aliphatic rings. The fourth-order valence-electron chi connectivity index (χ4n) is 14.8. The molecule has 0 bridgehead atoms. The van der Waals surface area contributed by atoms with Crippen LogP contribution in [0.4, 0.5) is 0 Å². The van der Waals surface area contributed by atoms with Crippen molar-refractivity contribution in [1.29, 1.82) is 0 Å². The van der Waals surface area contributed by atoms with Gasteiger partial charge in [0.2, 0.25) is 0 Å². The van der Waals surface area contributed by atoms with Gasteiger partial charge in [-0.25, -0.2) is 0 Å². The third-order valence-corrected chi connectivity index (χ3v) is 18.8. The first-order chi connectivity index (χ1) is 30.8. The molecule has 382 valence electrons. The average molecular weight is 947 g/mol. The van der Waals surface area contributed by atoms with Gasteiger partial charge in [0.1, 0.15) is 73.2 Å². The fourth-order valence-corrected chi connectivity index (χ4v) is 14.8. The summed E-state index contributed by atoms with van der Waals surface area (Å²) in [7, 11) is 0. The van der Waals surface area contributed by atoms with Crippen LogP contribution in [0.25, 0.3) is 0 Å². The van der Waals surface area contributed by atoms with E-state index in [1.54, 1.807) is 0 Å². The highest BCUT2D eigenvalue weighted by molar-refractivity contribution is 5.20. The Morgan fingerprint density at radius 1 is 0.621 bits per heavy atom. The zero-order valence-electron chi connectivity index (χ0n) is 40.0. The number of aliphatic hydroxyl groups is 12. The predicted molar refractivity (Wildman–Crippen MR) is 234 cm³/mol. The Bertz CT molecular complexity index is 1680. The van der Waals surface area contributed by atoms with E-state index in [1.807, 2.05) is 20.8 Å². The molecule has 3 saturated heterocycles. The molecule has 3 aliphatic heterocycles. The minimum Gasteiger partial charge on any atom is -0.394 e. The first-order valence-electron chi connectivity index (χ1n) is 24.4. The van der Waals surface area contributed by atoms with Gasteiger partial charge >= 0.3 is 0 Å². The van der Waals surface area contributed by atoms with Crippen LogP contribution in [-0.2, 0) is 28.4 Å². The number of ether oxygens (including phenoxy) is 6. The molecule has 10 unspecified atom stereocenters. The van der Waals surface area contributed by atoms with Crippen LogP contribution in [0.5, 0.6) is 0 Å². The molecule has 12 N–H and O–H groups in total. The minimum absolute atomic E-state index is 0.133. The van der Waals surface area contributed by atoms with Gasteiger partial charge in [-0.1, -0.05) is 46.3 Å². The van der Waals surface area contributed by atoms with Gasteiger partial charge in [-0.05, 0) is 124 Å². The second-order valence-corrected chi connectivity index (χ2v) is 22.9. The molecule has 0 amide bonds. The minimum atomic E-state index is -1.72. The normalized spacial score (nSPS) is 52.4.